The van der Waals surface area contributed by atoms with Crippen LogP contribution in [-0.4, -0.2) is 23.7 Å². The molecule has 2 rings (SSSR count). The molecule has 5 nitrogen and oxygen atoms in total. The van der Waals surface area contributed by atoms with Crippen LogP contribution in [0.2, 0.25) is 0 Å². The Morgan fingerprint density at radius 3 is 2.42 bits per heavy atom. The Hall–Kier alpha value is -2.30. The Bertz CT molecular complexity index is 630. The van der Waals surface area contributed by atoms with Gasteiger partial charge in [-0.25, -0.2) is 4.79 Å². The van der Waals surface area contributed by atoms with Crippen LogP contribution in [0.4, 0.5) is 0 Å². The van der Waals surface area contributed by atoms with Gasteiger partial charge in [-0.15, -0.1) is 6.58 Å². The average molecular weight is 331 g/mol. The van der Waals surface area contributed by atoms with Gasteiger partial charge in [-0.2, -0.15) is 0 Å². The molecule has 1 fully saturated rings. The molecule has 24 heavy (non-hydrogen) atoms. The topological polar surface area (TPSA) is 64.6 Å². The second kappa shape index (κ2) is 6.67. The van der Waals surface area contributed by atoms with Crippen LogP contribution in [0.25, 0.3) is 0 Å². The Balaban J connectivity index is 2.06. The van der Waals surface area contributed by atoms with Crippen LogP contribution in [0.1, 0.15) is 50.9 Å². The van der Waals surface area contributed by atoms with Gasteiger partial charge in [0.25, 0.3) is 0 Å². The zero-order valence-corrected chi connectivity index (χ0v) is 14.7. The summed E-state index contributed by atoms with van der Waals surface area (Å²) in [5.41, 5.74) is -0.637. The molecule has 0 bridgehead atoms. The lowest BCUT2D eigenvalue weighted by molar-refractivity contribution is -0.160. The summed E-state index contributed by atoms with van der Waals surface area (Å²) in [5.74, 6) is 0.204. The van der Waals surface area contributed by atoms with Gasteiger partial charge < -0.3 is 14.8 Å². The van der Waals surface area contributed by atoms with Gasteiger partial charge >= 0.3 is 5.97 Å². The van der Waals surface area contributed by atoms with Gasteiger partial charge in [-0.05, 0) is 57.9 Å². The molecule has 1 N–H and O–H groups in total. The minimum atomic E-state index is -0.564. The van der Waals surface area contributed by atoms with E-state index >= 15 is 0 Å². The molecular weight excluding hydrogens is 306 g/mol. The summed E-state index contributed by atoms with van der Waals surface area (Å²) >= 11 is 0. The Labute approximate surface area is 143 Å². The number of amides is 1. The van der Waals surface area contributed by atoms with Crippen LogP contribution in [0.3, 0.4) is 0 Å². The van der Waals surface area contributed by atoms with Crippen molar-refractivity contribution in [3.8, 4) is 5.75 Å². The summed E-state index contributed by atoms with van der Waals surface area (Å²) in [5, 5.41) is 2.79. The SMILES string of the molecule is C=CC[C@]1(CC)C(=O)N[C@H]1Oc1ccc(C(=O)OC(C)(C)C)cc1. The maximum atomic E-state index is 12.0. The zero-order valence-electron chi connectivity index (χ0n) is 14.7. The van der Waals surface area contributed by atoms with Crippen molar-refractivity contribution < 1.29 is 19.1 Å². The van der Waals surface area contributed by atoms with E-state index in [9.17, 15) is 9.59 Å². The van der Waals surface area contributed by atoms with E-state index in [1.165, 1.54) is 0 Å². The highest BCUT2D eigenvalue weighted by atomic mass is 16.6. The van der Waals surface area contributed by atoms with E-state index in [-0.39, 0.29) is 18.1 Å². The van der Waals surface area contributed by atoms with Gasteiger partial charge in [-0.3, -0.25) is 4.79 Å². The van der Waals surface area contributed by atoms with E-state index in [1.807, 2.05) is 27.7 Å². The largest absolute Gasteiger partial charge is 0.469 e. The fourth-order valence-electron chi connectivity index (χ4n) is 2.67. The minimum absolute atomic E-state index is 0.0136. The molecule has 5 heteroatoms. The van der Waals surface area contributed by atoms with Gasteiger partial charge in [0.05, 0.1) is 5.56 Å². The normalized spacial score (nSPS) is 23.0. The van der Waals surface area contributed by atoms with E-state index in [0.717, 1.165) is 0 Å². The number of allylic oxidation sites excluding steroid dienone is 1. The number of hydrogen-bond acceptors (Lipinski definition) is 4. The Morgan fingerprint density at radius 1 is 1.33 bits per heavy atom. The monoisotopic (exact) mass is 331 g/mol. The summed E-state index contributed by atoms with van der Waals surface area (Å²) in [6, 6.07) is 6.73. The summed E-state index contributed by atoms with van der Waals surface area (Å²) in [6.07, 6.45) is 2.59. The molecule has 1 aromatic carbocycles. The van der Waals surface area contributed by atoms with Crippen molar-refractivity contribution in [3.63, 3.8) is 0 Å². The number of rotatable bonds is 6. The van der Waals surface area contributed by atoms with E-state index in [2.05, 4.69) is 11.9 Å². The summed E-state index contributed by atoms with van der Waals surface area (Å²) in [4.78, 5) is 24.0. The van der Waals surface area contributed by atoms with Crippen molar-refractivity contribution in [2.24, 2.45) is 5.41 Å². The number of ether oxygens (including phenoxy) is 2. The van der Waals surface area contributed by atoms with E-state index in [1.54, 1.807) is 30.3 Å². The number of carbonyl (C=O) groups excluding carboxylic acids is 2. The lowest BCUT2D eigenvalue weighted by atomic mass is 9.73. The molecule has 1 aromatic rings. The first-order valence-corrected chi connectivity index (χ1v) is 8.14. The predicted molar refractivity (Wildman–Crippen MR) is 91.7 cm³/mol. The van der Waals surface area contributed by atoms with E-state index in [4.69, 9.17) is 9.47 Å². The third kappa shape index (κ3) is 3.61. The fourth-order valence-corrected chi connectivity index (χ4v) is 2.67. The average Bonchev–Trinajstić information content (AvgIpc) is 2.51. The molecule has 0 aromatic heterocycles. The molecule has 130 valence electrons. The van der Waals surface area contributed by atoms with E-state index in [0.29, 0.717) is 24.2 Å². The van der Waals surface area contributed by atoms with Gasteiger partial charge in [0, 0.05) is 0 Å². The second-order valence-electron chi connectivity index (χ2n) is 7.00. The fraction of sp³-hybridized carbons (Fsp3) is 0.474. The zero-order chi connectivity index (χ0) is 18.0. The quantitative estimate of drug-likeness (QED) is 0.493. The number of benzene rings is 1. The van der Waals surface area contributed by atoms with Crippen LogP contribution in [0, 0.1) is 5.41 Å². The lowest BCUT2D eigenvalue weighted by Crippen LogP contribution is -2.69. The summed E-state index contributed by atoms with van der Waals surface area (Å²) in [7, 11) is 0. The second-order valence-corrected chi connectivity index (χ2v) is 7.00. The lowest BCUT2D eigenvalue weighted by Gasteiger charge is -2.47. The minimum Gasteiger partial charge on any atom is -0.469 e. The maximum Gasteiger partial charge on any atom is 0.338 e. The highest BCUT2D eigenvalue weighted by Crippen LogP contribution is 2.39. The third-order valence-corrected chi connectivity index (χ3v) is 4.10. The van der Waals surface area contributed by atoms with Crippen molar-refractivity contribution in [3.05, 3.63) is 42.5 Å². The molecule has 0 spiro atoms. The van der Waals surface area contributed by atoms with Crippen LogP contribution >= 0.6 is 0 Å². The first-order valence-electron chi connectivity index (χ1n) is 8.14. The predicted octanol–water partition coefficient (Wildman–Crippen LogP) is 3.45. The van der Waals surface area contributed by atoms with E-state index < -0.39 is 11.0 Å². The van der Waals surface area contributed by atoms with Crippen molar-refractivity contribution >= 4 is 11.9 Å². The number of nitrogens with one attached hydrogen (secondary N) is 1. The molecular formula is C19H25NO4. The van der Waals surface area contributed by atoms with Gasteiger partial charge in [-0.1, -0.05) is 13.0 Å². The molecule has 0 unspecified atom stereocenters. The number of β-lactam (4-membered cyclic amide) rings is 1. The Kier molecular flexibility index (Phi) is 5.02. The smallest absolute Gasteiger partial charge is 0.338 e. The standard InChI is InChI=1S/C19H25NO4/c1-6-12-19(7-2)16(22)20-17(19)23-14-10-8-13(9-11-14)15(21)24-18(3,4)5/h6,8-11,17H,1,7,12H2,2-5H3,(H,20,22)/t17-,19+/m0/s1. The molecule has 0 radical (unpaired) electrons. The summed E-state index contributed by atoms with van der Waals surface area (Å²) in [6.45, 7) is 11.2. The van der Waals surface area contributed by atoms with Crippen LogP contribution in [0.15, 0.2) is 36.9 Å². The molecule has 0 saturated carbocycles. The van der Waals surface area contributed by atoms with Crippen molar-refractivity contribution in [2.75, 3.05) is 0 Å². The Morgan fingerprint density at radius 2 is 1.96 bits per heavy atom. The first kappa shape index (κ1) is 18.0. The van der Waals surface area contributed by atoms with Crippen molar-refractivity contribution in [1.29, 1.82) is 0 Å². The molecule has 0 aliphatic carbocycles. The molecule has 2 atom stereocenters. The highest BCUT2D eigenvalue weighted by molar-refractivity contribution is 5.90. The molecule has 1 amide bonds. The van der Waals surface area contributed by atoms with Crippen LogP contribution < -0.4 is 10.1 Å². The van der Waals surface area contributed by atoms with Crippen LogP contribution in [0.5, 0.6) is 5.75 Å². The van der Waals surface area contributed by atoms with Crippen LogP contribution in [-0.2, 0) is 9.53 Å². The highest BCUT2D eigenvalue weighted by Gasteiger charge is 2.54. The molecule has 1 aliphatic rings. The summed E-state index contributed by atoms with van der Waals surface area (Å²) < 4.78 is 11.2. The molecule has 1 heterocycles. The third-order valence-electron chi connectivity index (χ3n) is 4.10. The van der Waals surface area contributed by atoms with Crippen molar-refractivity contribution in [2.45, 2.75) is 52.4 Å². The van der Waals surface area contributed by atoms with Crippen molar-refractivity contribution in [1.82, 2.24) is 5.32 Å². The maximum absolute atomic E-state index is 12.0. The number of hydrogen-bond donors (Lipinski definition) is 1. The molecule has 1 aliphatic heterocycles. The number of carbonyl (C=O) groups is 2. The number of esters is 1. The first-order chi connectivity index (χ1) is 11.2. The van der Waals surface area contributed by atoms with Gasteiger partial charge in [0.15, 0.2) is 6.23 Å². The molecule has 1 saturated heterocycles. The van der Waals surface area contributed by atoms with Gasteiger partial charge in [0.1, 0.15) is 16.8 Å². The van der Waals surface area contributed by atoms with Gasteiger partial charge in [0.2, 0.25) is 5.91 Å².